The molecule has 2 aliphatic heterocycles. The highest BCUT2D eigenvalue weighted by atomic mass is 16.5. The number of para-hydroxylation sites is 1. The smallest absolute Gasteiger partial charge is 0.256 e. The van der Waals surface area contributed by atoms with Gasteiger partial charge in [-0.1, -0.05) is 18.2 Å². The molecule has 0 unspecified atom stereocenters. The van der Waals surface area contributed by atoms with Crippen LogP contribution < -0.4 is 10.2 Å². The summed E-state index contributed by atoms with van der Waals surface area (Å²) in [5.41, 5.74) is 8.24. The maximum absolute atomic E-state index is 12.5. The first-order valence-electron chi connectivity index (χ1n) is 10.4. The molecule has 0 aliphatic carbocycles. The number of aryl methyl sites for hydroxylation is 1. The predicted molar refractivity (Wildman–Crippen MR) is 121 cm³/mol. The first-order chi connectivity index (χ1) is 14.6. The van der Waals surface area contributed by atoms with Crippen LogP contribution in [0.1, 0.15) is 22.5 Å². The van der Waals surface area contributed by atoms with Crippen LogP contribution in [0.15, 0.2) is 54.6 Å². The summed E-state index contributed by atoms with van der Waals surface area (Å²) in [7, 11) is 0. The third-order valence-corrected chi connectivity index (χ3v) is 5.96. The number of carbonyl (C=O) groups is 1. The minimum Gasteiger partial charge on any atom is -0.378 e. The quantitative estimate of drug-likeness (QED) is 0.663. The summed E-state index contributed by atoms with van der Waals surface area (Å²) < 4.78 is 7.70. The number of hydrogen-bond donors (Lipinski definition) is 1. The number of nitrogens with zero attached hydrogens (tertiary/aromatic N) is 2. The predicted octanol–water partition coefficient (Wildman–Crippen LogP) is 4.42. The van der Waals surface area contributed by atoms with Crippen LogP contribution in [0.25, 0.3) is 17.3 Å². The third-order valence-electron chi connectivity index (χ3n) is 5.96. The Morgan fingerprint density at radius 2 is 1.67 bits per heavy atom. The van der Waals surface area contributed by atoms with Crippen molar-refractivity contribution in [1.29, 1.82) is 0 Å². The van der Waals surface area contributed by atoms with E-state index in [0.717, 1.165) is 60.2 Å². The minimum absolute atomic E-state index is 0.0455. The lowest BCUT2D eigenvalue weighted by molar-refractivity contribution is -0.110. The zero-order chi connectivity index (χ0) is 20.7. The van der Waals surface area contributed by atoms with E-state index in [-0.39, 0.29) is 5.91 Å². The molecule has 0 bridgehead atoms. The largest absolute Gasteiger partial charge is 0.378 e. The van der Waals surface area contributed by atoms with Gasteiger partial charge in [-0.25, -0.2) is 0 Å². The number of morpholine rings is 1. The molecule has 5 heteroatoms. The number of nitrogens with one attached hydrogen (secondary N) is 1. The molecule has 152 valence electrons. The monoisotopic (exact) mass is 399 g/mol. The first-order valence-corrected chi connectivity index (χ1v) is 10.4. The van der Waals surface area contributed by atoms with Crippen LogP contribution >= 0.6 is 0 Å². The Kier molecular flexibility index (Phi) is 4.68. The van der Waals surface area contributed by atoms with E-state index in [1.54, 1.807) is 0 Å². The van der Waals surface area contributed by atoms with Crippen molar-refractivity contribution < 1.29 is 9.53 Å². The van der Waals surface area contributed by atoms with Gasteiger partial charge in [-0.2, -0.15) is 0 Å². The number of ether oxygens (including phenoxy) is 1. The topological polar surface area (TPSA) is 46.5 Å². The van der Waals surface area contributed by atoms with Gasteiger partial charge in [-0.05, 0) is 61.9 Å². The molecule has 30 heavy (non-hydrogen) atoms. The second kappa shape index (κ2) is 7.50. The summed E-state index contributed by atoms with van der Waals surface area (Å²) in [6.07, 6.45) is 2.00. The number of aromatic nitrogens is 1. The average Bonchev–Trinajstić information content (AvgIpc) is 3.24. The Balaban J connectivity index is 1.48. The molecular formula is C25H25N3O2. The van der Waals surface area contributed by atoms with Crippen LogP contribution in [0.5, 0.6) is 0 Å². The standard InChI is InChI=1S/C25H25N3O2/c1-17-15-19(16-23-22-5-3-4-6-24(22)26-25(23)29)18(2)28(17)21-9-7-20(8-10-21)27-11-13-30-14-12-27/h3-10,15-16H,11-14H2,1-2H3,(H,26,29)/b23-16+. The Labute approximate surface area is 176 Å². The van der Waals surface area contributed by atoms with Crippen LogP contribution in [0.4, 0.5) is 11.4 Å². The molecule has 0 radical (unpaired) electrons. The van der Waals surface area contributed by atoms with Crippen molar-refractivity contribution in [3.8, 4) is 5.69 Å². The van der Waals surface area contributed by atoms with Crippen LogP contribution in [0.2, 0.25) is 0 Å². The van der Waals surface area contributed by atoms with Gasteiger partial charge in [0.2, 0.25) is 0 Å². The molecule has 5 nitrogen and oxygen atoms in total. The summed E-state index contributed by atoms with van der Waals surface area (Å²) >= 11 is 0. The van der Waals surface area contributed by atoms with Gasteiger partial charge in [0.15, 0.2) is 0 Å². The number of benzene rings is 2. The molecule has 1 fully saturated rings. The highest BCUT2D eigenvalue weighted by Crippen LogP contribution is 2.34. The number of amides is 1. The summed E-state index contributed by atoms with van der Waals surface area (Å²) in [5.74, 6) is -0.0455. The lowest BCUT2D eigenvalue weighted by Gasteiger charge is -2.29. The summed E-state index contributed by atoms with van der Waals surface area (Å²) in [4.78, 5) is 14.9. The molecule has 1 aromatic heterocycles. The Bertz CT molecular complexity index is 1140. The van der Waals surface area contributed by atoms with Crippen LogP contribution in [0.3, 0.4) is 0 Å². The number of anilines is 2. The van der Waals surface area contributed by atoms with Crippen LogP contribution in [-0.2, 0) is 9.53 Å². The SMILES string of the molecule is Cc1cc(/C=C2/C(=O)Nc3ccccc32)c(C)n1-c1ccc(N2CCOCC2)cc1. The van der Waals surface area contributed by atoms with Crippen LogP contribution in [0, 0.1) is 13.8 Å². The second-order valence-electron chi connectivity index (χ2n) is 7.84. The summed E-state index contributed by atoms with van der Waals surface area (Å²) in [5, 5.41) is 2.95. The molecule has 3 heterocycles. The van der Waals surface area contributed by atoms with Gasteiger partial charge in [0.1, 0.15) is 0 Å². The van der Waals surface area contributed by atoms with Crippen molar-refractivity contribution in [1.82, 2.24) is 4.57 Å². The van der Waals surface area contributed by atoms with Gasteiger partial charge in [0.25, 0.3) is 5.91 Å². The van der Waals surface area contributed by atoms with Gasteiger partial charge in [0.05, 0.1) is 13.2 Å². The molecule has 0 spiro atoms. The summed E-state index contributed by atoms with van der Waals surface area (Å²) in [6, 6.07) is 18.7. The molecule has 1 saturated heterocycles. The maximum Gasteiger partial charge on any atom is 0.256 e. The van der Waals surface area contributed by atoms with Crippen molar-refractivity contribution >= 4 is 28.9 Å². The Morgan fingerprint density at radius 3 is 2.43 bits per heavy atom. The summed E-state index contributed by atoms with van der Waals surface area (Å²) in [6.45, 7) is 7.64. The molecular weight excluding hydrogens is 374 g/mol. The third kappa shape index (κ3) is 3.21. The fourth-order valence-electron chi connectivity index (χ4n) is 4.40. The van der Waals surface area contributed by atoms with Gasteiger partial charge in [-0.3, -0.25) is 4.79 Å². The normalized spacial score (nSPS) is 17.3. The van der Waals surface area contributed by atoms with Gasteiger partial charge < -0.3 is 19.5 Å². The fraction of sp³-hybridized carbons (Fsp3) is 0.240. The Hall–Kier alpha value is -3.31. The molecule has 5 rings (SSSR count). The fourth-order valence-corrected chi connectivity index (χ4v) is 4.40. The Morgan fingerprint density at radius 1 is 0.967 bits per heavy atom. The van der Waals surface area contributed by atoms with Crippen molar-refractivity contribution in [2.75, 3.05) is 36.5 Å². The van der Waals surface area contributed by atoms with Crippen molar-refractivity contribution in [2.45, 2.75) is 13.8 Å². The van der Waals surface area contributed by atoms with Crippen molar-refractivity contribution in [2.24, 2.45) is 0 Å². The number of fused-ring (bicyclic) bond motifs is 1. The molecule has 1 N–H and O–H groups in total. The molecule has 2 aromatic carbocycles. The van der Waals surface area contributed by atoms with Crippen molar-refractivity contribution in [3.63, 3.8) is 0 Å². The van der Waals surface area contributed by atoms with Crippen LogP contribution in [-0.4, -0.2) is 36.8 Å². The average molecular weight is 399 g/mol. The highest BCUT2D eigenvalue weighted by molar-refractivity contribution is 6.34. The number of hydrogen-bond acceptors (Lipinski definition) is 3. The minimum atomic E-state index is -0.0455. The maximum atomic E-state index is 12.5. The van der Waals surface area contributed by atoms with Gasteiger partial charge in [-0.15, -0.1) is 0 Å². The number of carbonyl (C=O) groups excluding carboxylic acids is 1. The lowest BCUT2D eigenvalue weighted by atomic mass is 10.0. The van der Waals surface area contributed by atoms with E-state index in [4.69, 9.17) is 4.74 Å². The van der Waals surface area contributed by atoms with E-state index in [1.807, 2.05) is 30.3 Å². The van der Waals surface area contributed by atoms with Crippen molar-refractivity contribution in [3.05, 3.63) is 77.1 Å². The van der Waals surface area contributed by atoms with E-state index < -0.39 is 0 Å². The van der Waals surface area contributed by atoms with E-state index in [0.29, 0.717) is 5.57 Å². The van der Waals surface area contributed by atoms with E-state index in [2.05, 4.69) is 59.0 Å². The molecule has 1 amide bonds. The van der Waals surface area contributed by atoms with E-state index in [1.165, 1.54) is 5.69 Å². The zero-order valence-electron chi connectivity index (χ0n) is 17.3. The molecule has 0 saturated carbocycles. The lowest BCUT2D eigenvalue weighted by Crippen LogP contribution is -2.36. The molecule has 0 atom stereocenters. The first kappa shape index (κ1) is 18.7. The highest BCUT2D eigenvalue weighted by Gasteiger charge is 2.24. The van der Waals surface area contributed by atoms with Gasteiger partial charge >= 0.3 is 0 Å². The molecule has 2 aliphatic rings. The van der Waals surface area contributed by atoms with Gasteiger partial charge in [0, 0.05) is 52.7 Å². The number of rotatable bonds is 3. The second-order valence-corrected chi connectivity index (χ2v) is 7.84. The van der Waals surface area contributed by atoms with E-state index in [9.17, 15) is 4.79 Å². The zero-order valence-corrected chi connectivity index (χ0v) is 17.3. The van der Waals surface area contributed by atoms with E-state index >= 15 is 0 Å². The molecule has 3 aromatic rings.